The molecule has 12 heavy (non-hydrogen) atoms. The second-order valence-electron chi connectivity index (χ2n) is 2.46. The van der Waals surface area contributed by atoms with Gasteiger partial charge in [0.05, 0.1) is 0 Å². The maximum absolute atomic E-state index is 4.01. The number of allylic oxidation sites excluding steroid dienone is 1. The standard InChI is InChI=1S/C10H13N2/c1-2-3-6-11-8-10-5-4-7-12-9-10/h2-5,7,9,11H,1,6,8H2/b3-2+. The molecule has 1 heterocycles. The van der Waals surface area contributed by atoms with Gasteiger partial charge in [0.25, 0.3) is 0 Å². The van der Waals surface area contributed by atoms with E-state index < -0.39 is 0 Å². The van der Waals surface area contributed by atoms with Crippen LogP contribution in [-0.2, 0) is 6.54 Å². The van der Waals surface area contributed by atoms with Gasteiger partial charge in [-0.3, -0.25) is 4.98 Å². The van der Waals surface area contributed by atoms with Gasteiger partial charge in [-0.25, -0.2) is 0 Å². The van der Waals surface area contributed by atoms with E-state index in [1.54, 1.807) is 12.3 Å². The number of aromatic nitrogens is 1. The molecule has 0 amide bonds. The summed E-state index contributed by atoms with van der Waals surface area (Å²) in [4.78, 5) is 4.01. The van der Waals surface area contributed by atoms with Gasteiger partial charge in [-0.1, -0.05) is 18.2 Å². The van der Waals surface area contributed by atoms with Crippen LogP contribution in [0.15, 0.2) is 36.7 Å². The molecule has 0 aliphatic heterocycles. The van der Waals surface area contributed by atoms with Crippen LogP contribution in [0.5, 0.6) is 0 Å². The molecular formula is C10H13N2. The molecular weight excluding hydrogens is 148 g/mol. The third-order valence-corrected chi connectivity index (χ3v) is 1.48. The highest BCUT2D eigenvalue weighted by molar-refractivity contribution is 5.07. The van der Waals surface area contributed by atoms with E-state index in [1.807, 2.05) is 24.4 Å². The van der Waals surface area contributed by atoms with Gasteiger partial charge in [-0.15, -0.1) is 0 Å². The number of nitrogens with zero attached hydrogens (tertiary/aromatic N) is 1. The van der Waals surface area contributed by atoms with Crippen LogP contribution in [0, 0.1) is 6.92 Å². The summed E-state index contributed by atoms with van der Waals surface area (Å²) in [5.74, 6) is 0. The van der Waals surface area contributed by atoms with Crippen molar-refractivity contribution in [1.82, 2.24) is 10.3 Å². The topological polar surface area (TPSA) is 24.9 Å². The van der Waals surface area contributed by atoms with Crippen LogP contribution in [0.4, 0.5) is 0 Å². The fourth-order valence-electron chi connectivity index (χ4n) is 0.886. The molecule has 2 nitrogen and oxygen atoms in total. The lowest BCUT2D eigenvalue weighted by atomic mass is 10.3. The highest BCUT2D eigenvalue weighted by Gasteiger charge is 1.87. The Morgan fingerprint density at radius 3 is 3.17 bits per heavy atom. The van der Waals surface area contributed by atoms with Crippen LogP contribution < -0.4 is 5.32 Å². The molecule has 1 aromatic rings. The first-order valence-electron chi connectivity index (χ1n) is 3.97. The van der Waals surface area contributed by atoms with Gasteiger partial charge < -0.3 is 5.32 Å². The summed E-state index contributed by atoms with van der Waals surface area (Å²) >= 11 is 0. The maximum Gasteiger partial charge on any atom is 0.0312 e. The molecule has 1 radical (unpaired) electrons. The summed E-state index contributed by atoms with van der Waals surface area (Å²) in [6.07, 6.45) is 7.41. The summed E-state index contributed by atoms with van der Waals surface area (Å²) in [6.45, 7) is 5.32. The van der Waals surface area contributed by atoms with Gasteiger partial charge in [0, 0.05) is 25.5 Å². The molecule has 0 aliphatic rings. The number of nitrogens with one attached hydrogen (secondary N) is 1. The van der Waals surface area contributed by atoms with E-state index in [-0.39, 0.29) is 0 Å². The van der Waals surface area contributed by atoms with E-state index in [0.29, 0.717) is 0 Å². The van der Waals surface area contributed by atoms with Crippen molar-refractivity contribution in [1.29, 1.82) is 0 Å². The molecule has 0 spiro atoms. The molecule has 1 rings (SSSR count). The van der Waals surface area contributed by atoms with E-state index in [2.05, 4.69) is 17.2 Å². The summed E-state index contributed by atoms with van der Waals surface area (Å²) in [7, 11) is 0. The molecule has 0 saturated carbocycles. The summed E-state index contributed by atoms with van der Waals surface area (Å²) in [5, 5.41) is 3.24. The molecule has 0 fully saturated rings. The number of rotatable bonds is 4. The van der Waals surface area contributed by atoms with Gasteiger partial charge in [-0.05, 0) is 18.6 Å². The molecule has 1 aromatic heterocycles. The predicted octanol–water partition coefficient (Wildman–Crippen LogP) is 1.56. The van der Waals surface area contributed by atoms with Crippen molar-refractivity contribution in [2.75, 3.05) is 6.54 Å². The molecule has 0 saturated heterocycles. The molecule has 0 aromatic carbocycles. The molecule has 0 bridgehead atoms. The van der Waals surface area contributed by atoms with Gasteiger partial charge in [0.1, 0.15) is 0 Å². The third-order valence-electron chi connectivity index (χ3n) is 1.48. The highest BCUT2D eigenvalue weighted by atomic mass is 14.8. The van der Waals surface area contributed by atoms with Gasteiger partial charge >= 0.3 is 0 Å². The third kappa shape index (κ3) is 3.30. The zero-order valence-corrected chi connectivity index (χ0v) is 7.03. The summed E-state index contributed by atoms with van der Waals surface area (Å²) in [6, 6.07) is 3.99. The molecule has 63 valence electrons. The Morgan fingerprint density at radius 2 is 2.50 bits per heavy atom. The van der Waals surface area contributed by atoms with Crippen molar-refractivity contribution < 1.29 is 0 Å². The Bertz CT molecular complexity index is 229. The van der Waals surface area contributed by atoms with Crippen molar-refractivity contribution in [3.63, 3.8) is 0 Å². The van der Waals surface area contributed by atoms with E-state index in [1.165, 1.54) is 5.56 Å². The average Bonchev–Trinajstić information content (AvgIpc) is 2.14. The minimum Gasteiger partial charge on any atom is -0.309 e. The quantitative estimate of drug-likeness (QED) is 0.678. The van der Waals surface area contributed by atoms with Crippen molar-refractivity contribution in [3.05, 3.63) is 49.2 Å². The molecule has 0 unspecified atom stereocenters. The lowest BCUT2D eigenvalue weighted by molar-refractivity contribution is 0.756. The number of pyridine rings is 1. The van der Waals surface area contributed by atoms with Crippen molar-refractivity contribution in [2.45, 2.75) is 6.54 Å². The Labute approximate surface area is 73.3 Å². The largest absolute Gasteiger partial charge is 0.309 e. The molecule has 0 aliphatic carbocycles. The van der Waals surface area contributed by atoms with Crippen molar-refractivity contribution in [2.24, 2.45) is 0 Å². The van der Waals surface area contributed by atoms with Crippen molar-refractivity contribution in [3.8, 4) is 0 Å². The normalized spacial score (nSPS) is 10.8. The van der Waals surface area contributed by atoms with Crippen LogP contribution in [0.2, 0.25) is 0 Å². The van der Waals surface area contributed by atoms with Crippen LogP contribution in [-0.4, -0.2) is 11.5 Å². The van der Waals surface area contributed by atoms with Crippen LogP contribution in [0.25, 0.3) is 0 Å². The predicted molar refractivity (Wildman–Crippen MR) is 50.4 cm³/mol. The summed E-state index contributed by atoms with van der Waals surface area (Å²) < 4.78 is 0. The maximum atomic E-state index is 4.01. The fraction of sp³-hybridized carbons (Fsp3) is 0.200. The molecule has 2 heteroatoms. The molecule has 1 N–H and O–H groups in total. The smallest absolute Gasteiger partial charge is 0.0312 e. The van der Waals surface area contributed by atoms with E-state index in [0.717, 1.165) is 13.1 Å². The average molecular weight is 161 g/mol. The monoisotopic (exact) mass is 161 g/mol. The van der Waals surface area contributed by atoms with Crippen LogP contribution >= 0.6 is 0 Å². The Morgan fingerprint density at radius 1 is 1.58 bits per heavy atom. The van der Waals surface area contributed by atoms with Crippen LogP contribution in [0.1, 0.15) is 5.56 Å². The van der Waals surface area contributed by atoms with E-state index >= 15 is 0 Å². The van der Waals surface area contributed by atoms with E-state index in [9.17, 15) is 0 Å². The minimum atomic E-state index is 0.859. The SMILES string of the molecule is [CH2]/C=C/CNCc1cccnc1. The zero-order valence-electron chi connectivity index (χ0n) is 7.03. The van der Waals surface area contributed by atoms with Crippen LogP contribution in [0.3, 0.4) is 0 Å². The number of hydrogen-bond acceptors (Lipinski definition) is 2. The van der Waals surface area contributed by atoms with Gasteiger partial charge in [0.2, 0.25) is 0 Å². The first-order valence-corrected chi connectivity index (χ1v) is 3.97. The Balaban J connectivity index is 2.24. The van der Waals surface area contributed by atoms with Crippen molar-refractivity contribution >= 4 is 0 Å². The fourth-order valence-corrected chi connectivity index (χ4v) is 0.886. The molecule has 0 atom stereocenters. The second kappa shape index (κ2) is 5.49. The van der Waals surface area contributed by atoms with E-state index in [4.69, 9.17) is 0 Å². The second-order valence-corrected chi connectivity index (χ2v) is 2.46. The Kier molecular flexibility index (Phi) is 4.09. The first kappa shape index (κ1) is 8.94. The zero-order chi connectivity index (χ0) is 8.65. The highest BCUT2D eigenvalue weighted by Crippen LogP contribution is 1.93. The Hall–Kier alpha value is -1.15. The lowest BCUT2D eigenvalue weighted by Crippen LogP contribution is -2.12. The number of hydrogen-bond donors (Lipinski definition) is 1. The van der Waals surface area contributed by atoms with Gasteiger partial charge in [0.15, 0.2) is 0 Å². The summed E-state index contributed by atoms with van der Waals surface area (Å²) in [5.41, 5.74) is 1.20. The van der Waals surface area contributed by atoms with Gasteiger partial charge in [-0.2, -0.15) is 0 Å². The first-order chi connectivity index (χ1) is 5.93. The minimum absolute atomic E-state index is 0.859. The lowest BCUT2D eigenvalue weighted by Gasteiger charge is -1.99.